The average molecular weight is 385 g/mol. The van der Waals surface area contributed by atoms with Crippen molar-refractivity contribution < 1.29 is 13.2 Å². The zero-order chi connectivity index (χ0) is 19.1. The zero-order valence-corrected chi connectivity index (χ0v) is 14.3. The first-order valence-corrected chi connectivity index (χ1v) is 7.55. The number of benzene rings is 1. The lowest BCUT2D eigenvalue weighted by Crippen LogP contribution is -2.15. The predicted octanol–water partition coefficient (Wildman–Crippen LogP) is 2.63. The number of nitrogens with zero attached hydrogens (tertiary/aromatic N) is 6. The van der Waals surface area contributed by atoms with Crippen molar-refractivity contribution in [3.05, 3.63) is 28.8 Å². The van der Waals surface area contributed by atoms with E-state index in [0.717, 1.165) is 0 Å². The highest BCUT2D eigenvalue weighted by Gasteiger charge is 2.39. The number of nitrogens with one attached hydrogen (secondary N) is 1. The molecular formula is C14H12ClF3N8. The molecule has 2 heterocycles. The van der Waals surface area contributed by atoms with E-state index >= 15 is 0 Å². The summed E-state index contributed by atoms with van der Waals surface area (Å²) in [6.45, 7) is 0. The minimum Gasteiger partial charge on any atom is -0.372 e. The Labute approximate surface area is 150 Å². The van der Waals surface area contributed by atoms with Crippen molar-refractivity contribution in [2.24, 2.45) is 7.05 Å². The third-order valence-corrected chi connectivity index (χ3v) is 3.86. The number of tetrazole rings is 1. The molecule has 0 atom stereocenters. The number of hydrogen-bond donors (Lipinski definition) is 2. The molecule has 0 aliphatic heterocycles. The fourth-order valence-electron chi connectivity index (χ4n) is 2.44. The maximum absolute atomic E-state index is 13.6. The fraction of sp³-hybridized carbons (Fsp3) is 0.214. The van der Waals surface area contributed by atoms with Crippen LogP contribution in [0.4, 0.5) is 24.9 Å². The summed E-state index contributed by atoms with van der Waals surface area (Å²) in [4.78, 5) is 7.37. The number of rotatable bonds is 3. The molecule has 0 aliphatic rings. The minimum absolute atomic E-state index is 0.0381. The first-order valence-electron chi connectivity index (χ1n) is 7.17. The van der Waals surface area contributed by atoms with Gasteiger partial charge in [-0.15, -0.1) is 5.10 Å². The molecule has 0 saturated heterocycles. The Morgan fingerprint density at radius 1 is 1.23 bits per heavy atom. The van der Waals surface area contributed by atoms with Gasteiger partial charge in [-0.1, -0.05) is 23.7 Å². The highest BCUT2D eigenvalue weighted by molar-refractivity contribution is 6.33. The fourth-order valence-corrected chi connectivity index (χ4v) is 2.71. The molecule has 0 aliphatic carbocycles. The summed E-state index contributed by atoms with van der Waals surface area (Å²) < 4.78 is 42.1. The van der Waals surface area contributed by atoms with Gasteiger partial charge < -0.3 is 11.1 Å². The monoisotopic (exact) mass is 384 g/mol. The van der Waals surface area contributed by atoms with Gasteiger partial charge in [0, 0.05) is 25.2 Å². The van der Waals surface area contributed by atoms with Gasteiger partial charge in [0.2, 0.25) is 5.95 Å². The van der Waals surface area contributed by atoms with E-state index in [1.54, 1.807) is 13.1 Å². The maximum Gasteiger partial charge on any atom is 0.422 e. The van der Waals surface area contributed by atoms with Crippen molar-refractivity contribution in [2.45, 2.75) is 6.18 Å². The standard InChI is InChI=1S/C14H12ClF3N8/c1-20-11-9(14(16,17)18)10(21-13(19)22-11)7-4-3-6(5-8(7)15)12-23-24-25-26(12)2/h3-5H,1-2H3,(H3,19,20,21,22). The van der Waals surface area contributed by atoms with E-state index in [4.69, 9.17) is 17.3 Å². The van der Waals surface area contributed by atoms with Crippen molar-refractivity contribution >= 4 is 23.4 Å². The van der Waals surface area contributed by atoms with E-state index in [1.165, 1.54) is 23.9 Å². The van der Waals surface area contributed by atoms with Crippen LogP contribution in [0.3, 0.4) is 0 Å². The third kappa shape index (κ3) is 3.12. The molecule has 0 bridgehead atoms. The van der Waals surface area contributed by atoms with Crippen molar-refractivity contribution in [3.8, 4) is 22.6 Å². The molecular weight excluding hydrogens is 373 g/mol. The maximum atomic E-state index is 13.6. The molecule has 3 rings (SSSR count). The van der Waals surface area contributed by atoms with E-state index in [2.05, 4.69) is 30.8 Å². The topological polar surface area (TPSA) is 107 Å². The normalized spacial score (nSPS) is 11.6. The molecule has 26 heavy (non-hydrogen) atoms. The lowest BCUT2D eigenvalue weighted by atomic mass is 10.0. The number of nitrogens with two attached hydrogens (primary N) is 1. The summed E-state index contributed by atoms with van der Waals surface area (Å²) in [5, 5.41) is 13.5. The second-order valence-corrected chi connectivity index (χ2v) is 5.63. The highest BCUT2D eigenvalue weighted by Crippen LogP contribution is 2.42. The highest BCUT2D eigenvalue weighted by atomic mass is 35.5. The van der Waals surface area contributed by atoms with Crippen molar-refractivity contribution in [3.63, 3.8) is 0 Å². The molecule has 3 N–H and O–H groups in total. The number of alkyl halides is 3. The van der Waals surface area contributed by atoms with Crippen molar-refractivity contribution in [2.75, 3.05) is 18.1 Å². The third-order valence-electron chi connectivity index (χ3n) is 3.55. The van der Waals surface area contributed by atoms with Gasteiger partial charge in [0.1, 0.15) is 11.4 Å². The summed E-state index contributed by atoms with van der Waals surface area (Å²) in [6.07, 6.45) is -4.71. The lowest BCUT2D eigenvalue weighted by Gasteiger charge is -2.17. The first-order chi connectivity index (χ1) is 12.2. The summed E-state index contributed by atoms with van der Waals surface area (Å²) >= 11 is 6.24. The SMILES string of the molecule is CNc1nc(N)nc(-c2ccc(-c3nnnn3C)cc2Cl)c1C(F)(F)F. The summed E-state index contributed by atoms with van der Waals surface area (Å²) in [5.41, 5.74) is 4.69. The Bertz CT molecular complexity index is 969. The van der Waals surface area contributed by atoms with Gasteiger partial charge in [0.15, 0.2) is 5.82 Å². The Morgan fingerprint density at radius 2 is 1.96 bits per heavy atom. The molecule has 8 nitrogen and oxygen atoms in total. The van der Waals surface area contributed by atoms with Crippen molar-refractivity contribution in [1.82, 2.24) is 30.2 Å². The second kappa shape index (κ2) is 6.41. The van der Waals surface area contributed by atoms with E-state index < -0.39 is 23.3 Å². The zero-order valence-electron chi connectivity index (χ0n) is 13.5. The molecule has 0 fully saturated rings. The molecule has 3 aromatic rings. The summed E-state index contributed by atoms with van der Waals surface area (Å²) in [5.74, 6) is -0.333. The smallest absolute Gasteiger partial charge is 0.372 e. The Hall–Kier alpha value is -2.95. The summed E-state index contributed by atoms with van der Waals surface area (Å²) in [6, 6.07) is 4.41. The molecule has 136 valence electrons. The van der Waals surface area contributed by atoms with Crippen molar-refractivity contribution in [1.29, 1.82) is 0 Å². The molecule has 2 aromatic heterocycles. The lowest BCUT2D eigenvalue weighted by molar-refractivity contribution is -0.136. The van der Waals surface area contributed by atoms with Gasteiger partial charge >= 0.3 is 6.18 Å². The van der Waals surface area contributed by atoms with Crippen LogP contribution in [0.5, 0.6) is 0 Å². The number of nitrogen functional groups attached to an aromatic ring is 1. The first kappa shape index (κ1) is 17.9. The molecule has 12 heteroatoms. The van der Waals surface area contributed by atoms with Crippen LogP contribution in [-0.4, -0.2) is 37.2 Å². The number of aromatic nitrogens is 6. The molecule has 0 saturated carbocycles. The van der Waals surface area contributed by atoms with Gasteiger partial charge in [-0.05, 0) is 16.5 Å². The number of hydrogen-bond acceptors (Lipinski definition) is 7. The van der Waals surface area contributed by atoms with Crippen LogP contribution in [0.2, 0.25) is 5.02 Å². The molecule has 0 amide bonds. The van der Waals surface area contributed by atoms with Crippen LogP contribution < -0.4 is 11.1 Å². The van der Waals surface area contributed by atoms with Crippen LogP contribution >= 0.6 is 11.6 Å². The van der Waals surface area contributed by atoms with E-state index in [0.29, 0.717) is 11.4 Å². The number of halogens is 4. The van der Waals surface area contributed by atoms with Crippen LogP contribution in [0.15, 0.2) is 18.2 Å². The van der Waals surface area contributed by atoms with E-state index in [1.807, 2.05) is 0 Å². The van der Waals surface area contributed by atoms with Gasteiger partial charge in [-0.25, -0.2) is 9.67 Å². The quantitative estimate of drug-likeness (QED) is 0.714. The Morgan fingerprint density at radius 3 is 2.50 bits per heavy atom. The number of anilines is 2. The second-order valence-electron chi connectivity index (χ2n) is 5.22. The Kier molecular flexibility index (Phi) is 4.40. The average Bonchev–Trinajstić information content (AvgIpc) is 2.98. The molecule has 1 aromatic carbocycles. The number of aryl methyl sites for hydroxylation is 1. The van der Waals surface area contributed by atoms with Crippen LogP contribution in [0.25, 0.3) is 22.6 Å². The minimum atomic E-state index is -4.71. The van der Waals surface area contributed by atoms with Gasteiger partial charge in [-0.3, -0.25) is 0 Å². The largest absolute Gasteiger partial charge is 0.422 e. The molecule has 0 radical (unpaired) electrons. The Balaban J connectivity index is 2.21. The summed E-state index contributed by atoms with van der Waals surface area (Å²) in [7, 11) is 2.94. The van der Waals surface area contributed by atoms with Gasteiger partial charge in [0.05, 0.1) is 10.7 Å². The van der Waals surface area contributed by atoms with Gasteiger partial charge in [0.25, 0.3) is 0 Å². The molecule has 0 spiro atoms. The van der Waals surface area contributed by atoms with E-state index in [9.17, 15) is 13.2 Å². The van der Waals surface area contributed by atoms with E-state index in [-0.39, 0.29) is 16.5 Å². The molecule has 0 unspecified atom stereocenters. The van der Waals surface area contributed by atoms with Crippen LogP contribution in [0.1, 0.15) is 5.56 Å². The van der Waals surface area contributed by atoms with Gasteiger partial charge in [-0.2, -0.15) is 18.2 Å². The predicted molar refractivity (Wildman–Crippen MR) is 89.2 cm³/mol. The van der Waals surface area contributed by atoms with Crippen LogP contribution in [-0.2, 0) is 13.2 Å². The van der Waals surface area contributed by atoms with Crippen LogP contribution in [0, 0.1) is 0 Å².